The molecule has 1 unspecified atom stereocenters. The Morgan fingerprint density at radius 3 is 1.75 bits per heavy atom. The van der Waals surface area contributed by atoms with Crippen LogP contribution in [0.15, 0.2) is 36.5 Å². The van der Waals surface area contributed by atoms with Gasteiger partial charge in [-0.1, -0.05) is 95.2 Å². The zero-order chi connectivity index (χ0) is 49.0. The van der Waals surface area contributed by atoms with E-state index in [4.69, 9.17) is 14.2 Å². The highest BCUT2D eigenvalue weighted by Crippen LogP contribution is 2.54. The van der Waals surface area contributed by atoms with Crippen LogP contribution in [-0.4, -0.2) is 111 Å². The minimum absolute atomic E-state index is 0.103. The standard InChI is InChI=1S/C48H69N3O13/c1-41(2,3)32(54)31(53)33-46(59,36(55)42(4,5)6)48(61,38(57)44(10,11)12)47(60,37(56)43(7,8)9)40(63-33)64-35-30-28(23-24-49-34(30)51(50-35)25-16-26-52)20-17-27-18-21-29(22-19-27)62-39(58)45(13,14)15/h18-19,21-24,31,33,40,52-53,59-61H,16-17,20,25-26H2,1-15H3/t31?,33-,40+,46+,47+,48+/m1/s1. The molecule has 354 valence electrons. The third-order valence-corrected chi connectivity index (χ3v) is 11.3. The smallest absolute Gasteiger partial charge is 0.316 e. The van der Waals surface area contributed by atoms with Crippen LogP contribution in [0.2, 0.25) is 0 Å². The van der Waals surface area contributed by atoms with Gasteiger partial charge in [0.1, 0.15) is 18.0 Å². The number of carbonyl (C=O) groups is 5. The molecule has 1 saturated heterocycles. The number of hydrogen-bond donors (Lipinski definition) is 5. The van der Waals surface area contributed by atoms with Crippen molar-refractivity contribution in [2.45, 2.75) is 165 Å². The summed E-state index contributed by atoms with van der Waals surface area (Å²) < 4.78 is 19.7. The second-order valence-corrected chi connectivity index (χ2v) is 22.1. The molecule has 16 nitrogen and oxygen atoms in total. The molecule has 0 spiro atoms. The van der Waals surface area contributed by atoms with Crippen LogP contribution in [0.25, 0.3) is 11.0 Å². The molecule has 0 saturated carbocycles. The summed E-state index contributed by atoms with van der Waals surface area (Å²) in [6.07, 6.45) is -5.03. The molecule has 5 N–H and O–H groups in total. The molecule has 64 heavy (non-hydrogen) atoms. The molecule has 1 fully saturated rings. The Labute approximate surface area is 375 Å². The third-order valence-electron chi connectivity index (χ3n) is 11.3. The Bertz CT molecular complexity index is 2250. The number of Topliss-reactive ketones (excluding diaryl/α,β-unsaturated/α-hetero) is 4. The maximum Gasteiger partial charge on any atom is 0.316 e. The first-order valence-electron chi connectivity index (χ1n) is 21.6. The van der Waals surface area contributed by atoms with E-state index in [1.54, 1.807) is 51.1 Å². The molecule has 4 rings (SSSR count). The number of rotatable bonds is 14. The fraction of sp³-hybridized carbons (Fsp3) is 0.646. The minimum atomic E-state index is -3.87. The van der Waals surface area contributed by atoms with Gasteiger partial charge in [0.05, 0.1) is 10.8 Å². The quantitative estimate of drug-likeness (QED) is 0.109. The van der Waals surface area contributed by atoms with Crippen LogP contribution in [0.4, 0.5) is 0 Å². The average Bonchev–Trinajstić information content (AvgIpc) is 3.53. The number of aliphatic hydroxyl groups is 5. The Morgan fingerprint density at radius 1 is 0.734 bits per heavy atom. The summed E-state index contributed by atoms with van der Waals surface area (Å²) in [6.45, 7) is 21.7. The zero-order valence-electron chi connectivity index (χ0n) is 40.1. The Hall–Kier alpha value is -4.45. The van der Waals surface area contributed by atoms with E-state index in [1.165, 1.54) is 94.0 Å². The van der Waals surface area contributed by atoms with Gasteiger partial charge in [0.15, 0.2) is 34.4 Å². The van der Waals surface area contributed by atoms with Gasteiger partial charge in [-0.3, -0.25) is 24.0 Å². The lowest BCUT2D eigenvalue weighted by Crippen LogP contribution is -2.90. The van der Waals surface area contributed by atoms with Crippen LogP contribution in [0.1, 0.15) is 121 Å². The summed E-state index contributed by atoms with van der Waals surface area (Å²) in [5.41, 5.74) is -16.6. The Balaban J connectivity index is 2.04. The monoisotopic (exact) mass is 895 g/mol. The topological polar surface area (TPSA) is 245 Å². The summed E-state index contributed by atoms with van der Waals surface area (Å²) in [6, 6.07) is 8.65. The largest absolute Gasteiger partial charge is 0.442 e. The zero-order valence-corrected chi connectivity index (χ0v) is 40.1. The number of carbonyl (C=O) groups excluding carboxylic acids is 5. The molecule has 16 heteroatoms. The second kappa shape index (κ2) is 17.7. The van der Waals surface area contributed by atoms with Gasteiger partial charge in [0.25, 0.3) is 0 Å². The summed E-state index contributed by atoms with van der Waals surface area (Å²) >= 11 is 0. The first-order chi connectivity index (χ1) is 29.0. The number of aromatic nitrogens is 3. The van der Waals surface area contributed by atoms with Crippen LogP contribution in [0.5, 0.6) is 11.6 Å². The van der Waals surface area contributed by atoms with Gasteiger partial charge in [0, 0.05) is 41.0 Å². The van der Waals surface area contributed by atoms with Gasteiger partial charge >= 0.3 is 5.97 Å². The van der Waals surface area contributed by atoms with E-state index in [-0.39, 0.29) is 36.5 Å². The van der Waals surface area contributed by atoms with E-state index < -0.39 is 91.5 Å². The molecular weight excluding hydrogens is 827 g/mol. The van der Waals surface area contributed by atoms with E-state index in [0.717, 1.165) is 5.56 Å². The van der Waals surface area contributed by atoms with E-state index in [1.807, 2.05) is 0 Å². The lowest BCUT2D eigenvalue weighted by molar-refractivity contribution is -0.363. The lowest BCUT2D eigenvalue weighted by Gasteiger charge is -2.61. The van der Waals surface area contributed by atoms with Crippen molar-refractivity contribution in [3.8, 4) is 11.6 Å². The number of pyridine rings is 1. The van der Waals surface area contributed by atoms with E-state index in [0.29, 0.717) is 24.2 Å². The van der Waals surface area contributed by atoms with Crippen molar-refractivity contribution in [1.29, 1.82) is 0 Å². The highest BCUT2D eigenvalue weighted by molar-refractivity contribution is 6.11. The number of nitrogens with zero attached hydrogens (tertiary/aromatic N) is 3. The predicted molar refractivity (Wildman–Crippen MR) is 236 cm³/mol. The van der Waals surface area contributed by atoms with Gasteiger partial charge in [-0.05, 0) is 69.4 Å². The molecular formula is C48H69N3O13. The first-order valence-corrected chi connectivity index (χ1v) is 21.6. The van der Waals surface area contributed by atoms with Gasteiger partial charge in [-0.15, -0.1) is 5.10 Å². The van der Waals surface area contributed by atoms with Crippen molar-refractivity contribution in [3.05, 3.63) is 47.7 Å². The van der Waals surface area contributed by atoms with Crippen molar-refractivity contribution in [2.75, 3.05) is 6.61 Å². The van der Waals surface area contributed by atoms with Crippen LogP contribution >= 0.6 is 0 Å². The number of ketones is 4. The molecule has 1 aromatic carbocycles. The van der Waals surface area contributed by atoms with E-state index in [2.05, 4.69) is 10.1 Å². The normalized spacial score (nSPS) is 24.0. The molecule has 3 aromatic rings. The molecule has 0 radical (unpaired) electrons. The molecule has 1 aliphatic heterocycles. The number of aliphatic hydroxyl groups excluding tert-OH is 2. The number of esters is 1. The van der Waals surface area contributed by atoms with Gasteiger partial charge < -0.3 is 39.7 Å². The van der Waals surface area contributed by atoms with Crippen molar-refractivity contribution < 1.29 is 63.7 Å². The molecule has 0 amide bonds. The SMILES string of the molecule is CC(C)(C)C(=O)Oc1ccc(CCc2ccnc3c2c(O[C@@H]2O[C@H](C(O)C(=O)C(C)(C)C)[C@](O)(C(=O)C(C)(C)C)[C@@](O)(C(=O)C(C)(C)C)[C@]2(O)C(=O)C(C)(C)C)nn3CCCO)cc1. The van der Waals surface area contributed by atoms with Crippen LogP contribution in [-0.2, 0) is 48.1 Å². The summed E-state index contributed by atoms with van der Waals surface area (Å²) in [5.74, 6) is -5.34. The molecule has 0 bridgehead atoms. The summed E-state index contributed by atoms with van der Waals surface area (Å²) in [4.78, 5) is 75.9. The Morgan fingerprint density at radius 2 is 1.27 bits per heavy atom. The van der Waals surface area contributed by atoms with E-state index >= 15 is 9.59 Å². The fourth-order valence-corrected chi connectivity index (χ4v) is 7.75. The van der Waals surface area contributed by atoms with Gasteiger partial charge in [-0.25, -0.2) is 9.67 Å². The second-order valence-electron chi connectivity index (χ2n) is 22.1. The Kier molecular flexibility index (Phi) is 14.5. The molecule has 2 aromatic heterocycles. The highest BCUT2D eigenvalue weighted by Gasteiger charge is 2.84. The van der Waals surface area contributed by atoms with Crippen LogP contribution in [0, 0.1) is 27.1 Å². The number of benzene rings is 1. The highest BCUT2D eigenvalue weighted by atomic mass is 16.7. The third kappa shape index (κ3) is 9.59. The fourth-order valence-electron chi connectivity index (χ4n) is 7.75. The predicted octanol–water partition coefficient (Wildman–Crippen LogP) is 4.67. The van der Waals surface area contributed by atoms with Crippen molar-refractivity contribution in [1.82, 2.24) is 14.8 Å². The van der Waals surface area contributed by atoms with Crippen LogP contribution < -0.4 is 9.47 Å². The molecule has 3 heterocycles. The molecule has 6 atom stereocenters. The summed E-state index contributed by atoms with van der Waals surface area (Å²) in [7, 11) is 0. The molecule has 1 aliphatic rings. The van der Waals surface area contributed by atoms with Crippen molar-refractivity contribution in [2.24, 2.45) is 27.1 Å². The van der Waals surface area contributed by atoms with Crippen molar-refractivity contribution in [3.63, 3.8) is 0 Å². The minimum Gasteiger partial charge on any atom is -0.442 e. The van der Waals surface area contributed by atoms with Crippen molar-refractivity contribution >= 4 is 40.1 Å². The maximum absolute atomic E-state index is 15.1. The van der Waals surface area contributed by atoms with Gasteiger partial charge in [-0.2, -0.15) is 0 Å². The number of fused-ring (bicyclic) bond motifs is 1. The van der Waals surface area contributed by atoms with Crippen LogP contribution in [0.3, 0.4) is 0 Å². The summed E-state index contributed by atoms with van der Waals surface area (Å²) in [5, 5.41) is 66.4. The number of ether oxygens (including phenoxy) is 3. The van der Waals surface area contributed by atoms with Gasteiger partial charge in [0.2, 0.25) is 23.4 Å². The van der Waals surface area contributed by atoms with E-state index in [9.17, 15) is 39.9 Å². The maximum atomic E-state index is 15.1. The molecule has 0 aliphatic carbocycles. The average molecular weight is 896 g/mol. The lowest BCUT2D eigenvalue weighted by atomic mass is 9.52. The number of hydrogen-bond acceptors (Lipinski definition) is 15. The first kappa shape index (κ1) is 52.2. The number of aryl methyl sites for hydroxylation is 3.